The maximum absolute atomic E-state index is 2.71. The lowest BCUT2D eigenvalue weighted by Crippen LogP contribution is -2.61. The van der Waals surface area contributed by atoms with Crippen LogP contribution in [-0.4, -0.2) is 6.71 Å². The highest BCUT2D eigenvalue weighted by Gasteiger charge is 2.47. The number of anilines is 6. The van der Waals surface area contributed by atoms with Crippen LogP contribution in [-0.2, 0) is 45.3 Å². The van der Waals surface area contributed by atoms with Gasteiger partial charge >= 0.3 is 0 Å². The summed E-state index contributed by atoms with van der Waals surface area (Å²) in [6, 6.07) is 51.6. The van der Waals surface area contributed by atoms with E-state index in [-0.39, 0.29) is 39.2 Å². The molecule has 0 aromatic heterocycles. The van der Waals surface area contributed by atoms with Gasteiger partial charge in [-0.3, -0.25) is 0 Å². The van der Waals surface area contributed by atoms with Crippen molar-refractivity contribution in [2.75, 3.05) is 9.80 Å². The van der Waals surface area contributed by atoms with E-state index in [1.165, 1.54) is 117 Å². The molecule has 12 rings (SSSR count). The minimum Gasteiger partial charge on any atom is -0.311 e. The van der Waals surface area contributed by atoms with Crippen LogP contribution in [0.15, 0.2) is 127 Å². The fourth-order valence-corrected chi connectivity index (χ4v) is 12.3. The number of benzene rings is 7. The van der Waals surface area contributed by atoms with Crippen LogP contribution in [0.2, 0.25) is 0 Å². The van der Waals surface area contributed by atoms with E-state index in [4.69, 9.17) is 0 Å². The van der Waals surface area contributed by atoms with Crippen LogP contribution in [0, 0.1) is 0 Å². The quantitative estimate of drug-likeness (QED) is 0.151. The zero-order valence-electron chi connectivity index (χ0n) is 44.5. The summed E-state index contributed by atoms with van der Waals surface area (Å²) in [6.07, 6.45) is 2.00. The molecule has 0 N–H and O–H groups in total. The Bertz CT molecular complexity index is 3240. The van der Waals surface area contributed by atoms with Crippen LogP contribution in [0.5, 0.6) is 0 Å². The zero-order valence-corrected chi connectivity index (χ0v) is 44.5. The molecule has 1 aliphatic carbocycles. The lowest BCUT2D eigenvalue weighted by molar-refractivity contribution is 0.477. The van der Waals surface area contributed by atoms with Crippen LogP contribution in [0.4, 0.5) is 34.1 Å². The third-order valence-corrected chi connectivity index (χ3v) is 16.4. The second kappa shape index (κ2) is 14.9. The van der Waals surface area contributed by atoms with Gasteiger partial charge in [0.2, 0.25) is 0 Å². The van der Waals surface area contributed by atoms with Crippen molar-refractivity contribution in [3.05, 3.63) is 172 Å². The van der Waals surface area contributed by atoms with Crippen LogP contribution in [0.1, 0.15) is 155 Å². The van der Waals surface area contributed by atoms with E-state index >= 15 is 0 Å². The van der Waals surface area contributed by atoms with Gasteiger partial charge < -0.3 is 9.80 Å². The molecule has 0 fully saturated rings. The molecule has 2 nitrogen and oxygen atoms in total. The summed E-state index contributed by atoms with van der Waals surface area (Å²) in [5, 5.41) is 0. The van der Waals surface area contributed by atoms with E-state index < -0.39 is 0 Å². The number of rotatable bonds is 1. The van der Waals surface area contributed by atoms with E-state index in [0.29, 0.717) is 0 Å². The standard InChI is InChI=1S/C66H73BN2/c1-61(2,3)45-22-26-49(27-23-45)68-56-30-25-47(63(7,8)9)35-54(56)67-53-32-43-38-66(16)39-44(43)33-57(53)69(59-37-48(64(10,11)12)36-58(68)60(59)67)55-29-24-46(62(4,5)6)34-50(55)41-19-17-40(18-20-41)42-21-28-51(52(66)31-42)65(13,14)15/h17-37H,38-39H2,1-16H3. The molecule has 0 spiro atoms. The predicted octanol–water partition coefficient (Wildman–Crippen LogP) is 16.0. The van der Waals surface area contributed by atoms with Gasteiger partial charge in [-0.15, -0.1) is 0 Å². The third-order valence-electron chi connectivity index (χ3n) is 16.4. The van der Waals surface area contributed by atoms with Crippen molar-refractivity contribution in [2.24, 2.45) is 0 Å². The normalized spacial score (nSPS) is 17.1. The van der Waals surface area contributed by atoms with Gasteiger partial charge in [-0.2, -0.15) is 0 Å². The van der Waals surface area contributed by atoms with Gasteiger partial charge in [0.15, 0.2) is 0 Å². The molecule has 69 heavy (non-hydrogen) atoms. The summed E-state index contributed by atoms with van der Waals surface area (Å²) in [7, 11) is 0. The summed E-state index contributed by atoms with van der Waals surface area (Å²) < 4.78 is 0. The molecule has 7 bridgehead atoms. The van der Waals surface area contributed by atoms with Crippen LogP contribution in [0.3, 0.4) is 0 Å². The molecule has 1 atom stereocenters. The van der Waals surface area contributed by atoms with Crippen molar-refractivity contribution >= 4 is 57.2 Å². The highest BCUT2D eigenvalue weighted by molar-refractivity contribution is 7.00. The Labute approximate surface area is 415 Å². The molecule has 7 aromatic carbocycles. The number of hydrogen-bond donors (Lipinski definition) is 0. The monoisotopic (exact) mass is 905 g/mol. The largest absolute Gasteiger partial charge is 0.311 e. The first kappa shape index (κ1) is 45.6. The Hall–Kier alpha value is -5.80. The minimum absolute atomic E-state index is 0.000812. The first-order chi connectivity index (χ1) is 32.2. The van der Waals surface area contributed by atoms with Crippen molar-refractivity contribution in [1.29, 1.82) is 0 Å². The van der Waals surface area contributed by atoms with Gasteiger partial charge in [-0.1, -0.05) is 190 Å². The molecule has 5 aliphatic rings. The Morgan fingerprint density at radius 1 is 0.391 bits per heavy atom. The lowest BCUT2D eigenvalue weighted by atomic mass is 9.33. The molecule has 1 unspecified atom stereocenters. The predicted molar refractivity (Wildman–Crippen MR) is 300 cm³/mol. The van der Waals surface area contributed by atoms with E-state index in [9.17, 15) is 0 Å². The fourth-order valence-electron chi connectivity index (χ4n) is 12.3. The molecule has 0 amide bonds. The van der Waals surface area contributed by atoms with Crippen molar-refractivity contribution in [3.63, 3.8) is 0 Å². The smallest absolute Gasteiger partial charge is 0.252 e. The number of nitrogens with zero attached hydrogens (tertiary/aromatic N) is 2. The minimum atomic E-state index is -0.118. The van der Waals surface area contributed by atoms with Crippen molar-refractivity contribution < 1.29 is 0 Å². The maximum atomic E-state index is 2.71. The van der Waals surface area contributed by atoms with E-state index in [1.54, 1.807) is 0 Å². The third kappa shape index (κ3) is 7.35. The molecule has 4 heterocycles. The molecule has 3 heteroatoms. The summed E-state index contributed by atoms with van der Waals surface area (Å²) in [5.41, 5.74) is 27.9. The Morgan fingerprint density at radius 2 is 0.899 bits per heavy atom. The summed E-state index contributed by atoms with van der Waals surface area (Å²) in [6.45, 7) is 38.0. The average Bonchev–Trinajstić information content (AvgIpc) is 3.62. The highest BCUT2D eigenvalue weighted by Crippen LogP contribution is 2.52. The van der Waals surface area contributed by atoms with Gasteiger partial charge in [-0.25, -0.2) is 0 Å². The van der Waals surface area contributed by atoms with Crippen LogP contribution in [0.25, 0.3) is 22.3 Å². The van der Waals surface area contributed by atoms with Gasteiger partial charge in [0.1, 0.15) is 0 Å². The van der Waals surface area contributed by atoms with E-state index in [0.717, 1.165) is 12.8 Å². The summed E-state index contributed by atoms with van der Waals surface area (Å²) >= 11 is 0. The molecule has 7 aromatic rings. The molecular formula is C66H73BN2. The van der Waals surface area contributed by atoms with Crippen LogP contribution < -0.4 is 26.2 Å². The molecular weight excluding hydrogens is 832 g/mol. The molecule has 4 aliphatic heterocycles. The Morgan fingerprint density at radius 3 is 1.49 bits per heavy atom. The second-order valence-electron chi connectivity index (χ2n) is 26.8. The van der Waals surface area contributed by atoms with Gasteiger partial charge in [0, 0.05) is 39.4 Å². The van der Waals surface area contributed by atoms with E-state index in [2.05, 4.69) is 248 Å². The highest BCUT2D eigenvalue weighted by atomic mass is 15.2. The topological polar surface area (TPSA) is 6.48 Å². The van der Waals surface area contributed by atoms with E-state index in [1.807, 2.05) is 0 Å². The van der Waals surface area contributed by atoms with Gasteiger partial charge in [0.05, 0.1) is 5.69 Å². The lowest BCUT2D eigenvalue weighted by Gasteiger charge is -2.46. The SMILES string of the molecule is CC(C)(C)c1ccc(N2c3ccc(C(C)(C)C)cc3B3c4cc5c6cc4N(c4ccc(C(C)(C)C)cc4-c4ccc(cc4)-c4ccc(C(C)(C)C)c(c4)C(C)(C5)C6)c4cc(C(C)(C)C)cc2c43)cc1. The van der Waals surface area contributed by atoms with Crippen molar-refractivity contribution in [3.8, 4) is 22.3 Å². The van der Waals surface area contributed by atoms with Crippen molar-refractivity contribution in [2.45, 2.75) is 156 Å². The molecule has 0 radical (unpaired) electrons. The Kier molecular flexibility index (Phi) is 9.83. The van der Waals surface area contributed by atoms with Crippen molar-refractivity contribution in [1.82, 2.24) is 0 Å². The first-order valence-electron chi connectivity index (χ1n) is 25.8. The fraction of sp³-hybridized carbons (Fsp3) is 0.364. The number of hydrogen-bond acceptors (Lipinski definition) is 2. The second-order valence-corrected chi connectivity index (χ2v) is 26.8. The Balaban J connectivity index is 1.29. The first-order valence-corrected chi connectivity index (χ1v) is 25.8. The van der Waals surface area contributed by atoms with Gasteiger partial charge in [-0.05, 0) is 166 Å². The summed E-state index contributed by atoms with van der Waals surface area (Å²) in [4.78, 5) is 5.33. The van der Waals surface area contributed by atoms with Gasteiger partial charge in [0.25, 0.3) is 6.71 Å². The zero-order chi connectivity index (χ0) is 49.1. The van der Waals surface area contributed by atoms with Crippen LogP contribution >= 0.6 is 0 Å². The molecule has 350 valence electrons. The summed E-state index contributed by atoms with van der Waals surface area (Å²) in [5.74, 6) is 0. The average molecular weight is 905 g/mol. The number of fused-ring (bicyclic) bond motifs is 5. The molecule has 0 saturated carbocycles. The molecule has 0 saturated heterocycles. The maximum Gasteiger partial charge on any atom is 0.252 e.